The highest BCUT2D eigenvalue weighted by Gasteiger charge is 2.21. The zero-order valence-electron chi connectivity index (χ0n) is 19.7. The average molecular weight is 556 g/mol. The van der Waals surface area contributed by atoms with Crippen molar-refractivity contribution in [2.75, 3.05) is 37.7 Å². The molecule has 2 N–H and O–H groups in total. The first kappa shape index (κ1) is 26.3. The molecule has 0 atom stereocenters. The molecule has 178 valence electrons. The van der Waals surface area contributed by atoms with Crippen LogP contribution in [-0.4, -0.2) is 64.6 Å². The van der Waals surface area contributed by atoms with E-state index >= 15 is 0 Å². The van der Waals surface area contributed by atoms with Gasteiger partial charge in [0.2, 0.25) is 0 Å². The molecule has 2 aromatic heterocycles. The monoisotopic (exact) mass is 556 g/mol. The zero-order valence-corrected chi connectivity index (χ0v) is 22.0. The Morgan fingerprint density at radius 2 is 2.00 bits per heavy atom. The number of rotatable bonds is 9. The fraction of sp³-hybridized carbons (Fsp3) is 0.636. The Balaban J connectivity index is 0.00000363. The van der Waals surface area contributed by atoms with Crippen molar-refractivity contribution in [1.82, 2.24) is 30.4 Å². The summed E-state index contributed by atoms with van der Waals surface area (Å²) < 4.78 is 7.42. The third-order valence-electron chi connectivity index (χ3n) is 5.58. The number of anilines is 1. The first-order chi connectivity index (χ1) is 15.1. The van der Waals surface area contributed by atoms with Crippen molar-refractivity contribution in [2.45, 2.75) is 52.6 Å². The molecule has 0 bridgehead atoms. The van der Waals surface area contributed by atoms with Gasteiger partial charge in [-0.15, -0.1) is 34.2 Å². The summed E-state index contributed by atoms with van der Waals surface area (Å²) in [6.07, 6.45) is 4.95. The van der Waals surface area contributed by atoms with Crippen LogP contribution >= 0.6 is 24.0 Å². The maximum atomic E-state index is 5.44. The minimum Gasteiger partial charge on any atom is -0.382 e. The number of hydrogen-bond donors (Lipinski definition) is 2. The van der Waals surface area contributed by atoms with Crippen molar-refractivity contribution in [3.8, 4) is 0 Å². The topological polar surface area (TPSA) is 92.5 Å². The highest BCUT2D eigenvalue weighted by Crippen LogP contribution is 2.18. The minimum absolute atomic E-state index is 0. The first-order valence-corrected chi connectivity index (χ1v) is 11.2. The number of nitrogens with one attached hydrogen (secondary N) is 2. The Bertz CT molecular complexity index is 831. The molecule has 9 nitrogen and oxygen atoms in total. The van der Waals surface area contributed by atoms with Crippen LogP contribution in [0.25, 0.3) is 0 Å². The Morgan fingerprint density at radius 3 is 2.62 bits per heavy atom. The number of piperidine rings is 1. The molecule has 32 heavy (non-hydrogen) atoms. The summed E-state index contributed by atoms with van der Waals surface area (Å²) in [4.78, 5) is 11.7. The Kier molecular flexibility index (Phi) is 11.1. The van der Waals surface area contributed by atoms with E-state index in [4.69, 9.17) is 9.73 Å². The molecular formula is C22H37IN8O. The van der Waals surface area contributed by atoms with E-state index in [-0.39, 0.29) is 24.0 Å². The second-order valence-corrected chi connectivity index (χ2v) is 7.96. The van der Waals surface area contributed by atoms with Gasteiger partial charge in [0.15, 0.2) is 11.8 Å². The van der Waals surface area contributed by atoms with Crippen LogP contribution in [0.3, 0.4) is 0 Å². The van der Waals surface area contributed by atoms with Crippen molar-refractivity contribution in [3.05, 3.63) is 35.5 Å². The fourth-order valence-corrected chi connectivity index (χ4v) is 3.51. The van der Waals surface area contributed by atoms with Gasteiger partial charge in [-0.2, -0.15) is 0 Å². The molecule has 0 saturated carbocycles. The molecule has 0 spiro atoms. The van der Waals surface area contributed by atoms with Gasteiger partial charge >= 0.3 is 0 Å². The Morgan fingerprint density at radius 1 is 1.22 bits per heavy atom. The van der Waals surface area contributed by atoms with Gasteiger partial charge in [0.05, 0.1) is 0 Å². The maximum Gasteiger partial charge on any atom is 0.191 e. The molecule has 0 aromatic carbocycles. The molecule has 3 heterocycles. The molecule has 0 aliphatic carbocycles. The van der Waals surface area contributed by atoms with Gasteiger partial charge in [-0.05, 0) is 51.7 Å². The lowest BCUT2D eigenvalue weighted by Gasteiger charge is -2.34. The molecule has 1 saturated heterocycles. The molecule has 0 radical (unpaired) electrons. The summed E-state index contributed by atoms with van der Waals surface area (Å²) in [6, 6.07) is 4.61. The van der Waals surface area contributed by atoms with Crippen LogP contribution in [0.4, 0.5) is 5.82 Å². The van der Waals surface area contributed by atoms with Crippen molar-refractivity contribution in [1.29, 1.82) is 0 Å². The number of ether oxygens (including phenoxy) is 1. The third kappa shape index (κ3) is 7.88. The van der Waals surface area contributed by atoms with Crippen LogP contribution in [0, 0.1) is 13.8 Å². The Labute approximate surface area is 208 Å². The van der Waals surface area contributed by atoms with Crippen molar-refractivity contribution < 1.29 is 4.74 Å². The number of aryl methyl sites for hydroxylation is 2. The smallest absolute Gasteiger partial charge is 0.191 e. The molecule has 1 aliphatic heterocycles. The van der Waals surface area contributed by atoms with Gasteiger partial charge in [0, 0.05) is 52.1 Å². The largest absolute Gasteiger partial charge is 0.382 e. The zero-order chi connectivity index (χ0) is 22.1. The lowest BCUT2D eigenvalue weighted by molar-refractivity contribution is 0.145. The van der Waals surface area contributed by atoms with E-state index in [1.807, 2.05) is 31.7 Å². The Hall–Kier alpha value is -1.95. The van der Waals surface area contributed by atoms with Gasteiger partial charge in [-0.1, -0.05) is 6.07 Å². The van der Waals surface area contributed by atoms with Crippen molar-refractivity contribution in [3.63, 3.8) is 0 Å². The number of hydrogen-bond acceptors (Lipinski definition) is 6. The molecular weight excluding hydrogens is 519 g/mol. The highest BCUT2D eigenvalue weighted by molar-refractivity contribution is 14.0. The maximum absolute atomic E-state index is 5.44. The normalized spacial score (nSPS) is 14.9. The predicted octanol–water partition coefficient (Wildman–Crippen LogP) is 2.58. The number of halogens is 1. The standard InChI is InChI=1S/C22H36N8O.HI/c1-5-31-14-6-11-23-22(25-16-21-28-27-18(3)29(21)4)26-19-9-12-30(13-10-19)20-8-7-17(2)15-24-20;/h7-8,15,19H,5-6,9-14,16H2,1-4H3,(H2,23,25,26);1H. The van der Waals surface area contributed by atoms with Gasteiger partial charge in [-0.25, -0.2) is 9.98 Å². The van der Waals surface area contributed by atoms with E-state index in [1.165, 1.54) is 5.56 Å². The van der Waals surface area contributed by atoms with Crippen LogP contribution in [0.15, 0.2) is 23.3 Å². The molecule has 1 aliphatic rings. The van der Waals surface area contributed by atoms with Crippen molar-refractivity contribution in [2.24, 2.45) is 12.0 Å². The van der Waals surface area contributed by atoms with Crippen LogP contribution in [0.2, 0.25) is 0 Å². The summed E-state index contributed by atoms with van der Waals surface area (Å²) in [6.45, 7) is 10.8. The molecule has 1 fully saturated rings. The average Bonchev–Trinajstić information content (AvgIpc) is 3.10. The van der Waals surface area contributed by atoms with E-state index in [0.29, 0.717) is 12.6 Å². The SMILES string of the molecule is CCOCCCNC(=NCc1nnc(C)n1C)NC1CCN(c2ccc(C)cn2)CC1.I. The van der Waals surface area contributed by atoms with E-state index in [2.05, 4.69) is 49.8 Å². The first-order valence-electron chi connectivity index (χ1n) is 11.2. The minimum atomic E-state index is 0. The van der Waals surface area contributed by atoms with E-state index in [0.717, 1.165) is 75.5 Å². The number of guanidine groups is 1. The van der Waals surface area contributed by atoms with E-state index in [1.54, 1.807) is 0 Å². The lowest BCUT2D eigenvalue weighted by atomic mass is 10.1. The van der Waals surface area contributed by atoms with Crippen LogP contribution < -0.4 is 15.5 Å². The fourth-order valence-electron chi connectivity index (χ4n) is 3.51. The van der Waals surface area contributed by atoms with Crippen LogP contribution in [-0.2, 0) is 18.3 Å². The number of aromatic nitrogens is 4. The summed E-state index contributed by atoms with van der Waals surface area (Å²) in [5.41, 5.74) is 1.19. The second-order valence-electron chi connectivity index (χ2n) is 7.96. The van der Waals surface area contributed by atoms with E-state index in [9.17, 15) is 0 Å². The highest BCUT2D eigenvalue weighted by atomic mass is 127. The van der Waals surface area contributed by atoms with Gasteiger partial charge in [0.25, 0.3) is 0 Å². The van der Waals surface area contributed by atoms with E-state index < -0.39 is 0 Å². The quantitative estimate of drug-likeness (QED) is 0.212. The van der Waals surface area contributed by atoms with Crippen LogP contribution in [0.5, 0.6) is 0 Å². The summed E-state index contributed by atoms with van der Waals surface area (Å²) >= 11 is 0. The third-order valence-corrected chi connectivity index (χ3v) is 5.58. The summed E-state index contributed by atoms with van der Waals surface area (Å²) in [5, 5.41) is 15.4. The van der Waals surface area contributed by atoms with Gasteiger partial charge in [0.1, 0.15) is 18.2 Å². The van der Waals surface area contributed by atoms with Gasteiger partial charge < -0.3 is 24.8 Å². The summed E-state index contributed by atoms with van der Waals surface area (Å²) in [7, 11) is 1.97. The molecule has 2 aromatic rings. The number of pyridine rings is 1. The lowest BCUT2D eigenvalue weighted by Crippen LogP contribution is -2.49. The second kappa shape index (κ2) is 13.6. The predicted molar refractivity (Wildman–Crippen MR) is 139 cm³/mol. The molecule has 0 amide bonds. The molecule has 10 heteroatoms. The summed E-state index contributed by atoms with van der Waals surface area (Å²) in [5.74, 6) is 3.63. The van der Waals surface area contributed by atoms with Crippen LogP contribution in [0.1, 0.15) is 43.4 Å². The molecule has 3 rings (SSSR count). The molecule has 0 unspecified atom stereocenters. The van der Waals surface area contributed by atoms with Gasteiger partial charge in [-0.3, -0.25) is 0 Å². The number of aliphatic imine (C=N–C) groups is 1. The number of nitrogens with zero attached hydrogens (tertiary/aromatic N) is 6. The van der Waals surface area contributed by atoms with Crippen molar-refractivity contribution >= 4 is 35.8 Å².